The third kappa shape index (κ3) is 3.58. The predicted octanol–water partition coefficient (Wildman–Crippen LogP) is 4.08. The highest BCUT2D eigenvalue weighted by Crippen LogP contribution is 2.69. The van der Waals surface area contributed by atoms with Crippen molar-refractivity contribution >= 4 is 5.97 Å². The maximum atomic E-state index is 11.7. The Bertz CT molecular complexity index is 681. The number of aliphatic carboxylic acids is 1. The number of carboxylic acid groups (broad SMARTS) is 1. The Morgan fingerprint density at radius 3 is 2.42 bits per heavy atom. The van der Waals surface area contributed by atoms with Crippen LogP contribution in [0.1, 0.15) is 85.5 Å². The Kier molecular flexibility index (Phi) is 6.28. The summed E-state index contributed by atoms with van der Waals surface area (Å²) in [5, 5.41) is 42.9. The predicted molar refractivity (Wildman–Crippen MR) is 119 cm³/mol. The van der Waals surface area contributed by atoms with Crippen molar-refractivity contribution in [3.8, 4) is 0 Å². The molecule has 4 saturated carbocycles. The van der Waals surface area contributed by atoms with Gasteiger partial charge in [0.25, 0.3) is 0 Å². The zero-order chi connectivity index (χ0) is 22.7. The molecule has 4 N–H and O–H groups in total. The summed E-state index contributed by atoms with van der Waals surface area (Å²) in [6.45, 7) is 9.01. The van der Waals surface area contributed by atoms with E-state index in [0.29, 0.717) is 24.2 Å². The summed E-state index contributed by atoms with van der Waals surface area (Å²) in [5.74, 6) is 1.00. The SMILES string of the molecule is CC[C@H]1[C@@H](O)C2C3CC[C@H]([C@H](C)CC[14C](=O)O)[C@@]3(C)C[C@H](O)C2[C@@]2(C)CC[C@@H](O)C[C@@H]12. The van der Waals surface area contributed by atoms with Crippen LogP contribution in [0.5, 0.6) is 0 Å². The van der Waals surface area contributed by atoms with Gasteiger partial charge in [0.1, 0.15) is 0 Å². The molecule has 0 amide bonds. The Balaban J connectivity index is 1.66. The molecule has 0 aliphatic heterocycles. The Morgan fingerprint density at radius 2 is 1.77 bits per heavy atom. The molecular weight excluding hydrogens is 394 g/mol. The third-order valence-electron chi connectivity index (χ3n) is 10.9. The van der Waals surface area contributed by atoms with Gasteiger partial charge >= 0.3 is 5.97 Å². The van der Waals surface area contributed by atoms with Gasteiger partial charge in [-0.05, 0) is 97.2 Å². The molecule has 0 aromatic rings. The van der Waals surface area contributed by atoms with E-state index < -0.39 is 18.2 Å². The molecular formula is C26H44O5. The molecule has 0 bridgehead atoms. The average Bonchev–Trinajstić information content (AvgIpc) is 3.04. The average molecular weight is 439 g/mol. The van der Waals surface area contributed by atoms with Crippen LogP contribution >= 0.6 is 0 Å². The first-order chi connectivity index (χ1) is 14.5. The molecule has 178 valence electrons. The van der Waals surface area contributed by atoms with Gasteiger partial charge in [0.2, 0.25) is 0 Å². The number of aliphatic hydroxyl groups is 3. The van der Waals surface area contributed by atoms with Gasteiger partial charge in [0.05, 0.1) is 18.3 Å². The Labute approximate surface area is 187 Å². The van der Waals surface area contributed by atoms with Gasteiger partial charge in [-0.1, -0.05) is 34.1 Å². The quantitative estimate of drug-likeness (QED) is 0.518. The lowest BCUT2D eigenvalue weighted by molar-refractivity contribution is -0.235. The van der Waals surface area contributed by atoms with Crippen LogP contribution in [0.15, 0.2) is 0 Å². The van der Waals surface area contributed by atoms with Crippen LogP contribution in [0.2, 0.25) is 0 Å². The van der Waals surface area contributed by atoms with Crippen molar-refractivity contribution < 1.29 is 25.2 Å². The van der Waals surface area contributed by atoms with E-state index in [9.17, 15) is 20.1 Å². The summed E-state index contributed by atoms with van der Waals surface area (Å²) >= 11 is 0. The number of hydrogen-bond acceptors (Lipinski definition) is 4. The normalized spacial score (nSPS) is 52.7. The van der Waals surface area contributed by atoms with Crippen molar-refractivity contribution in [2.45, 2.75) is 104 Å². The molecule has 0 heterocycles. The lowest BCUT2D eigenvalue weighted by atomic mass is 9.40. The van der Waals surface area contributed by atoms with Gasteiger partial charge in [-0.25, -0.2) is 0 Å². The van der Waals surface area contributed by atoms with Crippen LogP contribution in [0.3, 0.4) is 0 Å². The van der Waals surface area contributed by atoms with E-state index in [0.717, 1.165) is 44.9 Å². The fraction of sp³-hybridized carbons (Fsp3) is 0.962. The first-order valence-electron chi connectivity index (χ1n) is 12.8. The third-order valence-corrected chi connectivity index (χ3v) is 10.9. The monoisotopic (exact) mass is 438 g/mol. The Hall–Kier alpha value is -0.650. The van der Waals surface area contributed by atoms with E-state index in [2.05, 4.69) is 27.7 Å². The fourth-order valence-corrected chi connectivity index (χ4v) is 9.60. The minimum atomic E-state index is -0.734. The van der Waals surface area contributed by atoms with Gasteiger partial charge < -0.3 is 20.4 Å². The molecule has 4 fully saturated rings. The summed E-state index contributed by atoms with van der Waals surface area (Å²) in [7, 11) is 0. The standard InChI is InChI=1S/C26H44O5/c1-5-16-19-12-15(27)10-11-25(19,3)23-20(28)13-26(4)17(14(2)6-9-21(29)30)7-8-18(26)22(23)24(16)31/h14-20,22-24,27-28,31H,5-13H2,1-4H3,(H,29,30)/t14-,15-,16-,17-,18?,19+,20+,22?,23?,24-,25+,26-/m1/s1/i21+2. The summed E-state index contributed by atoms with van der Waals surface area (Å²) in [5.41, 5.74) is -0.0767. The largest absolute Gasteiger partial charge is 0.481 e. The van der Waals surface area contributed by atoms with Crippen LogP contribution in [0.25, 0.3) is 0 Å². The van der Waals surface area contributed by atoms with Crippen LogP contribution < -0.4 is 0 Å². The first kappa shape index (κ1) is 23.5. The van der Waals surface area contributed by atoms with E-state index in [1.807, 2.05) is 0 Å². The van der Waals surface area contributed by atoms with Crippen molar-refractivity contribution in [2.24, 2.45) is 52.3 Å². The van der Waals surface area contributed by atoms with Crippen LogP contribution in [-0.4, -0.2) is 44.7 Å². The van der Waals surface area contributed by atoms with Gasteiger partial charge in [0, 0.05) is 6.42 Å². The minimum absolute atomic E-state index is 0.0302. The van der Waals surface area contributed by atoms with Crippen molar-refractivity contribution in [2.75, 3.05) is 0 Å². The molecule has 5 nitrogen and oxygen atoms in total. The topological polar surface area (TPSA) is 98.0 Å². The second kappa shape index (κ2) is 8.29. The van der Waals surface area contributed by atoms with Gasteiger partial charge in [-0.15, -0.1) is 0 Å². The molecule has 0 aromatic carbocycles. The van der Waals surface area contributed by atoms with Crippen molar-refractivity contribution in [1.29, 1.82) is 0 Å². The van der Waals surface area contributed by atoms with Crippen molar-refractivity contribution in [1.82, 2.24) is 0 Å². The molecule has 3 unspecified atom stereocenters. The molecule has 0 saturated heterocycles. The van der Waals surface area contributed by atoms with Crippen LogP contribution in [0.4, 0.5) is 0 Å². The molecule has 5 heteroatoms. The number of hydrogen-bond donors (Lipinski definition) is 4. The number of carbonyl (C=O) groups is 1. The van der Waals surface area contributed by atoms with Crippen molar-refractivity contribution in [3.05, 3.63) is 0 Å². The van der Waals surface area contributed by atoms with Gasteiger partial charge in [-0.3, -0.25) is 4.79 Å². The molecule has 31 heavy (non-hydrogen) atoms. The van der Waals surface area contributed by atoms with E-state index in [-0.39, 0.29) is 47.0 Å². The number of carboxylic acids is 1. The van der Waals surface area contributed by atoms with Crippen LogP contribution in [-0.2, 0) is 4.79 Å². The van der Waals surface area contributed by atoms with E-state index in [1.165, 1.54) is 0 Å². The second-order valence-electron chi connectivity index (χ2n) is 12.2. The van der Waals surface area contributed by atoms with Gasteiger partial charge in [-0.2, -0.15) is 0 Å². The lowest BCUT2D eigenvalue weighted by Crippen LogP contribution is -2.65. The maximum absolute atomic E-state index is 11.7. The molecule has 4 aliphatic rings. The molecule has 0 radical (unpaired) electrons. The fourth-order valence-electron chi connectivity index (χ4n) is 9.60. The zero-order valence-electron chi connectivity index (χ0n) is 19.8. The molecule has 12 atom stereocenters. The molecule has 0 aromatic heterocycles. The molecule has 4 rings (SSSR count). The van der Waals surface area contributed by atoms with Crippen LogP contribution in [0, 0.1) is 52.3 Å². The second-order valence-corrected chi connectivity index (χ2v) is 12.2. The first-order valence-corrected chi connectivity index (χ1v) is 12.8. The smallest absolute Gasteiger partial charge is 0.303 e. The zero-order valence-corrected chi connectivity index (χ0v) is 19.8. The summed E-state index contributed by atoms with van der Waals surface area (Å²) in [4.78, 5) is 11.1. The highest BCUT2D eigenvalue weighted by atomic mass is 16.6. The minimum Gasteiger partial charge on any atom is -0.481 e. The highest BCUT2D eigenvalue weighted by Gasteiger charge is 2.67. The number of rotatable bonds is 5. The highest BCUT2D eigenvalue weighted by molar-refractivity contribution is 5.66. The Morgan fingerprint density at radius 1 is 1.06 bits per heavy atom. The number of aliphatic hydroxyl groups excluding tert-OH is 3. The summed E-state index contributed by atoms with van der Waals surface area (Å²) in [6, 6.07) is 0. The van der Waals surface area contributed by atoms with E-state index in [1.54, 1.807) is 0 Å². The lowest BCUT2D eigenvalue weighted by Gasteiger charge is -2.66. The summed E-state index contributed by atoms with van der Waals surface area (Å²) in [6.07, 6.45) is 6.04. The van der Waals surface area contributed by atoms with E-state index >= 15 is 0 Å². The number of fused-ring (bicyclic) bond motifs is 5. The molecule has 0 spiro atoms. The summed E-state index contributed by atoms with van der Waals surface area (Å²) < 4.78 is 0. The van der Waals surface area contributed by atoms with E-state index in [4.69, 9.17) is 5.11 Å². The maximum Gasteiger partial charge on any atom is 0.303 e. The molecule has 4 aliphatic carbocycles. The van der Waals surface area contributed by atoms with Crippen molar-refractivity contribution in [3.63, 3.8) is 0 Å². The van der Waals surface area contributed by atoms with Gasteiger partial charge in [0.15, 0.2) is 0 Å².